The molecule has 1 unspecified atom stereocenters. The van der Waals surface area contributed by atoms with Gasteiger partial charge in [0.25, 0.3) is 0 Å². The van der Waals surface area contributed by atoms with Crippen molar-refractivity contribution in [3.05, 3.63) is 41.3 Å². The summed E-state index contributed by atoms with van der Waals surface area (Å²) >= 11 is 0. The number of nitrogens with one attached hydrogen (secondary N) is 2. The van der Waals surface area contributed by atoms with Crippen molar-refractivity contribution in [2.45, 2.75) is 93.4 Å². The molecule has 0 spiro atoms. The molecule has 0 aliphatic rings. The molecule has 7 heteroatoms. The molecule has 3 rings (SSSR count). The van der Waals surface area contributed by atoms with E-state index in [-0.39, 0.29) is 0 Å². The van der Waals surface area contributed by atoms with Crippen molar-refractivity contribution in [2.75, 3.05) is 11.9 Å². The number of aromatic nitrogens is 3. The third-order valence-electron chi connectivity index (χ3n) is 6.24. The Hall–Kier alpha value is -3.22. The lowest BCUT2D eigenvalue weighted by atomic mass is 9.97. The average Bonchev–Trinajstić information content (AvgIpc) is 3.16. The highest BCUT2D eigenvalue weighted by atomic mass is 15.0. The molecule has 0 saturated heterocycles. The van der Waals surface area contributed by atoms with Gasteiger partial charge in [0.05, 0.1) is 34.7 Å². The van der Waals surface area contributed by atoms with Crippen molar-refractivity contribution < 1.29 is 0 Å². The normalized spacial score (nSPS) is 11.8. The van der Waals surface area contributed by atoms with Crippen molar-refractivity contribution >= 4 is 28.9 Å². The maximum Gasteiger partial charge on any atom is 0.120 e. The molecule has 0 fully saturated rings. The molecular weight excluding hydrogens is 458 g/mol. The molecule has 0 amide bonds. The molecule has 7 nitrogen and oxygen atoms in total. The molecule has 0 aliphatic heterocycles. The molecular formula is C30H49N7. The first kappa shape index (κ1) is 31.8. The fourth-order valence-corrected chi connectivity index (χ4v) is 3.97. The van der Waals surface area contributed by atoms with Gasteiger partial charge >= 0.3 is 0 Å². The van der Waals surface area contributed by atoms with Crippen molar-refractivity contribution in [1.29, 1.82) is 5.41 Å². The first-order valence-corrected chi connectivity index (χ1v) is 13.7. The summed E-state index contributed by atoms with van der Waals surface area (Å²) in [7, 11) is 2.07. The minimum absolute atomic E-state index is 0.341. The Kier molecular flexibility index (Phi) is 14.2. The van der Waals surface area contributed by atoms with Crippen LogP contribution in [0.4, 0.5) is 5.69 Å². The predicted octanol–water partition coefficient (Wildman–Crippen LogP) is 7.62. The standard InChI is InChI=1S/C23H31N7.C4H10.C3H8/c1-6-14(3)21-16(9-8-10-26-21)17-11-18(27-12-20(25)28-13-24)23-22(29-17)15(4)19(7-2)30(23)5;1-3-4-2;1-3-2/h8-11,13-14H,6-7,12H2,1-5H3,(H,27,29)(H3,24,25,28);3-4H2,1-2H3;3H2,1-2H3. The van der Waals surface area contributed by atoms with Gasteiger partial charge < -0.3 is 15.6 Å². The number of hydrogen-bond donors (Lipinski definition) is 3. The lowest BCUT2D eigenvalue weighted by molar-refractivity contribution is 0.710. The van der Waals surface area contributed by atoms with Gasteiger partial charge in [-0.1, -0.05) is 67.7 Å². The topological polar surface area (TPSA) is 105 Å². The third-order valence-corrected chi connectivity index (χ3v) is 6.24. The second-order valence-electron chi connectivity index (χ2n) is 9.29. The molecule has 0 saturated carbocycles. The third kappa shape index (κ3) is 8.41. The van der Waals surface area contributed by atoms with Crippen LogP contribution in [0.25, 0.3) is 22.3 Å². The van der Waals surface area contributed by atoms with E-state index in [0.29, 0.717) is 18.3 Å². The Bertz CT molecular complexity index is 1140. The number of unbranched alkanes of at least 4 members (excludes halogenated alkanes) is 1. The second-order valence-corrected chi connectivity index (χ2v) is 9.29. The fourth-order valence-electron chi connectivity index (χ4n) is 3.97. The van der Waals surface area contributed by atoms with Gasteiger partial charge in [0.15, 0.2) is 0 Å². The van der Waals surface area contributed by atoms with E-state index in [4.69, 9.17) is 16.1 Å². The fraction of sp³-hybridized carbons (Fsp3) is 0.533. The molecule has 3 heterocycles. The van der Waals surface area contributed by atoms with Crippen LogP contribution in [0.1, 0.15) is 97.0 Å². The van der Waals surface area contributed by atoms with Gasteiger partial charge in [-0.15, -0.1) is 0 Å². The number of nitrogens with zero attached hydrogens (tertiary/aromatic N) is 4. The maximum atomic E-state index is 7.12. The van der Waals surface area contributed by atoms with E-state index in [1.165, 1.54) is 30.5 Å². The minimum Gasteiger partial charge on any atom is -0.386 e. The molecule has 1 atom stereocenters. The minimum atomic E-state index is 0.341. The molecule has 204 valence electrons. The monoisotopic (exact) mass is 507 g/mol. The quantitative estimate of drug-likeness (QED) is 0.205. The Morgan fingerprint density at radius 2 is 1.84 bits per heavy atom. The smallest absolute Gasteiger partial charge is 0.120 e. The lowest BCUT2D eigenvalue weighted by Crippen LogP contribution is -2.23. The van der Waals surface area contributed by atoms with Gasteiger partial charge in [0.1, 0.15) is 12.2 Å². The van der Waals surface area contributed by atoms with E-state index in [1.807, 2.05) is 12.3 Å². The molecule has 0 aromatic carbocycles. The van der Waals surface area contributed by atoms with E-state index in [9.17, 15) is 0 Å². The summed E-state index contributed by atoms with van der Waals surface area (Å²) in [5.41, 5.74) is 14.3. The molecule has 37 heavy (non-hydrogen) atoms. The lowest BCUT2D eigenvalue weighted by Gasteiger charge is -2.16. The van der Waals surface area contributed by atoms with Crippen molar-refractivity contribution in [3.8, 4) is 11.3 Å². The summed E-state index contributed by atoms with van der Waals surface area (Å²) in [6, 6.07) is 6.13. The SMILES string of the molecule is CCC.CCCC.CCc1c(C)c2nc(-c3cccnc3C(C)CC)cc(NCC(N)=NC=N)c2n1C. The highest BCUT2D eigenvalue weighted by Gasteiger charge is 2.20. The molecule has 3 aromatic rings. The molecule has 0 bridgehead atoms. The van der Waals surface area contributed by atoms with Crippen LogP contribution in [-0.4, -0.2) is 33.3 Å². The van der Waals surface area contributed by atoms with Gasteiger partial charge in [-0.25, -0.2) is 9.98 Å². The zero-order valence-electron chi connectivity index (χ0n) is 24.6. The number of fused-ring (bicyclic) bond motifs is 1. The average molecular weight is 508 g/mol. The number of amidine groups is 1. The van der Waals surface area contributed by atoms with Crippen molar-refractivity contribution in [1.82, 2.24) is 14.5 Å². The van der Waals surface area contributed by atoms with E-state index in [1.54, 1.807) is 0 Å². The summed E-state index contributed by atoms with van der Waals surface area (Å²) in [4.78, 5) is 13.6. The van der Waals surface area contributed by atoms with Crippen LogP contribution in [0.2, 0.25) is 0 Å². The van der Waals surface area contributed by atoms with Gasteiger partial charge in [-0.3, -0.25) is 10.4 Å². The van der Waals surface area contributed by atoms with Crippen LogP contribution >= 0.6 is 0 Å². The first-order valence-electron chi connectivity index (χ1n) is 13.7. The van der Waals surface area contributed by atoms with E-state index >= 15 is 0 Å². The Morgan fingerprint density at radius 3 is 2.38 bits per heavy atom. The van der Waals surface area contributed by atoms with Crippen molar-refractivity contribution in [3.63, 3.8) is 0 Å². The Balaban J connectivity index is 0.000000873. The molecule has 4 N–H and O–H groups in total. The molecule has 3 aromatic heterocycles. The number of nitrogens with two attached hydrogens (primary N) is 1. The van der Waals surface area contributed by atoms with Gasteiger partial charge in [0, 0.05) is 24.5 Å². The Labute approximate surface area is 224 Å². The largest absolute Gasteiger partial charge is 0.386 e. The van der Waals surface area contributed by atoms with Gasteiger partial charge in [-0.2, -0.15) is 0 Å². The van der Waals surface area contributed by atoms with Crippen molar-refractivity contribution in [2.24, 2.45) is 17.8 Å². The van der Waals surface area contributed by atoms with Gasteiger partial charge in [0.2, 0.25) is 0 Å². The van der Waals surface area contributed by atoms with Crippen LogP contribution in [-0.2, 0) is 13.5 Å². The summed E-state index contributed by atoms with van der Waals surface area (Å²) < 4.78 is 2.20. The Morgan fingerprint density at radius 1 is 1.19 bits per heavy atom. The van der Waals surface area contributed by atoms with Crippen LogP contribution < -0.4 is 11.1 Å². The van der Waals surface area contributed by atoms with E-state index < -0.39 is 0 Å². The van der Waals surface area contributed by atoms with Crippen LogP contribution in [0, 0.1) is 12.3 Å². The molecule has 0 aliphatic carbocycles. The van der Waals surface area contributed by atoms with Crippen LogP contribution in [0.5, 0.6) is 0 Å². The summed E-state index contributed by atoms with van der Waals surface area (Å²) in [5, 5.41) is 10.5. The zero-order chi connectivity index (χ0) is 28.0. The summed E-state index contributed by atoms with van der Waals surface area (Å²) in [6.07, 6.45) is 8.63. The van der Waals surface area contributed by atoms with Gasteiger partial charge in [-0.05, 0) is 49.4 Å². The number of rotatable bonds is 9. The first-order chi connectivity index (χ1) is 17.7. The number of anilines is 1. The summed E-state index contributed by atoms with van der Waals surface area (Å²) in [5.74, 6) is 0.702. The predicted molar refractivity (Wildman–Crippen MR) is 162 cm³/mol. The highest BCUT2D eigenvalue weighted by molar-refractivity contribution is 5.97. The number of pyridine rings is 2. The highest BCUT2D eigenvalue weighted by Crippen LogP contribution is 2.35. The second kappa shape index (κ2) is 16.5. The van der Waals surface area contributed by atoms with E-state index in [2.05, 4.69) is 94.4 Å². The van der Waals surface area contributed by atoms with E-state index in [0.717, 1.165) is 52.9 Å². The number of aliphatic imine (C=N–C) groups is 1. The van der Waals surface area contributed by atoms with Crippen LogP contribution in [0.15, 0.2) is 29.4 Å². The zero-order valence-corrected chi connectivity index (χ0v) is 24.6. The number of hydrogen-bond acceptors (Lipinski definition) is 4. The maximum absolute atomic E-state index is 7.12. The molecule has 0 radical (unpaired) electrons. The van der Waals surface area contributed by atoms with Crippen LogP contribution in [0.3, 0.4) is 0 Å². The number of aryl methyl sites for hydroxylation is 2. The summed E-state index contributed by atoms with van der Waals surface area (Å²) in [6.45, 7) is 17.6.